The fourth-order valence-electron chi connectivity index (χ4n) is 5.54. The summed E-state index contributed by atoms with van der Waals surface area (Å²) in [4.78, 5) is 17.3. The van der Waals surface area contributed by atoms with Crippen molar-refractivity contribution >= 4 is 17.3 Å². The lowest BCUT2D eigenvalue weighted by molar-refractivity contribution is -0.00189. The van der Waals surface area contributed by atoms with Crippen molar-refractivity contribution in [3.8, 4) is 17.2 Å². The number of β-amino-alcohol motifs (C(OH)–C–C–N with tert-alkyl or cyclic N) is 1. The number of Topliss-reactive ketones (excluding diaryl/α,β-unsaturated/α-hetero) is 1. The monoisotopic (exact) mass is 571 g/mol. The Bertz CT molecular complexity index is 1310. The van der Waals surface area contributed by atoms with Gasteiger partial charge < -0.3 is 33.9 Å². The van der Waals surface area contributed by atoms with E-state index < -0.39 is 11.9 Å². The molecule has 224 valence electrons. The van der Waals surface area contributed by atoms with Crippen LogP contribution in [-0.2, 0) is 16.7 Å². The van der Waals surface area contributed by atoms with Crippen LogP contribution in [0.2, 0.25) is 0 Å². The second-order valence-electron chi connectivity index (χ2n) is 11.3. The number of fused-ring (bicyclic) bond motifs is 1. The van der Waals surface area contributed by atoms with Crippen LogP contribution >= 0.6 is 0 Å². The van der Waals surface area contributed by atoms with Crippen molar-refractivity contribution < 1.29 is 33.2 Å². The Morgan fingerprint density at radius 3 is 2.39 bits per heavy atom. The number of halogens is 1. The summed E-state index contributed by atoms with van der Waals surface area (Å²) in [5.41, 5.74) is 2.37. The summed E-state index contributed by atoms with van der Waals surface area (Å²) in [6, 6.07) is 5.32. The van der Waals surface area contributed by atoms with Gasteiger partial charge in [-0.2, -0.15) is 0 Å². The van der Waals surface area contributed by atoms with Gasteiger partial charge in [-0.15, -0.1) is 0 Å². The van der Waals surface area contributed by atoms with Crippen molar-refractivity contribution in [2.75, 3.05) is 51.5 Å². The van der Waals surface area contributed by atoms with Gasteiger partial charge in [-0.1, -0.05) is 20.8 Å². The molecule has 1 saturated heterocycles. The predicted octanol–water partition coefficient (Wildman–Crippen LogP) is 4.54. The number of anilines is 1. The molecule has 4 rings (SSSR count). The van der Waals surface area contributed by atoms with Crippen LogP contribution in [0.15, 0.2) is 18.2 Å². The highest BCUT2D eigenvalue weighted by Crippen LogP contribution is 2.42. The predicted molar refractivity (Wildman–Crippen MR) is 156 cm³/mol. The molecule has 0 amide bonds. The van der Waals surface area contributed by atoms with Gasteiger partial charge >= 0.3 is 0 Å². The van der Waals surface area contributed by atoms with Crippen LogP contribution in [-0.4, -0.2) is 80.4 Å². The minimum absolute atomic E-state index is 0.0150. The zero-order valence-electron chi connectivity index (χ0n) is 25.1. The van der Waals surface area contributed by atoms with E-state index in [1.807, 2.05) is 45.6 Å². The van der Waals surface area contributed by atoms with Crippen LogP contribution in [0.3, 0.4) is 0 Å². The van der Waals surface area contributed by atoms with E-state index in [0.717, 1.165) is 5.56 Å². The molecule has 10 heteroatoms. The lowest BCUT2D eigenvalue weighted by Crippen LogP contribution is -2.31. The van der Waals surface area contributed by atoms with Crippen molar-refractivity contribution in [3.05, 3.63) is 46.3 Å². The molecule has 1 fully saturated rings. The van der Waals surface area contributed by atoms with E-state index in [1.54, 1.807) is 31.1 Å². The molecule has 0 radical (unpaired) electrons. The van der Waals surface area contributed by atoms with Gasteiger partial charge in [0.25, 0.3) is 0 Å². The number of amidine groups is 1. The van der Waals surface area contributed by atoms with Gasteiger partial charge in [-0.3, -0.25) is 10.2 Å². The van der Waals surface area contributed by atoms with Crippen molar-refractivity contribution in [1.82, 2.24) is 4.90 Å². The second kappa shape index (κ2) is 12.2. The first-order chi connectivity index (χ1) is 19.4. The van der Waals surface area contributed by atoms with Gasteiger partial charge in [0.1, 0.15) is 17.7 Å². The van der Waals surface area contributed by atoms with Gasteiger partial charge in [0, 0.05) is 37.4 Å². The number of methoxy groups -OCH3 is 1. The average Bonchev–Trinajstić information content (AvgIpc) is 3.44. The number of carbonyl (C=O) groups is 1. The summed E-state index contributed by atoms with van der Waals surface area (Å²) in [6.07, 6.45) is -1.01. The molecule has 0 saturated carbocycles. The number of rotatable bonds is 11. The molecule has 9 nitrogen and oxygen atoms in total. The van der Waals surface area contributed by atoms with Crippen molar-refractivity contribution in [3.63, 3.8) is 0 Å². The summed E-state index contributed by atoms with van der Waals surface area (Å²) in [6.45, 7) is 13.6. The molecule has 2 aliphatic rings. The fourth-order valence-corrected chi connectivity index (χ4v) is 5.54. The topological polar surface area (TPSA) is 105 Å². The molecule has 0 bridgehead atoms. The Kier molecular flexibility index (Phi) is 9.13. The fraction of sp³-hybridized carbons (Fsp3) is 0.548. The molecule has 41 heavy (non-hydrogen) atoms. The number of benzene rings is 2. The van der Waals surface area contributed by atoms with Gasteiger partial charge in [0.05, 0.1) is 44.2 Å². The molecule has 2 aromatic rings. The molecular formula is C31H42FN3O6. The number of hydrogen-bond acceptors (Lipinski definition) is 8. The van der Waals surface area contributed by atoms with Crippen molar-refractivity contribution in [1.29, 1.82) is 5.41 Å². The minimum Gasteiger partial charge on any atom is -0.494 e. The standard InChI is InChI=1S/C31H42FN3O6/c1-8-39-24-13-19-14-35(30(33)26(19)27(32)29(24)41-10-3)15-22(36)18-11-20(31(4,5)6)28(38-7)21(12-18)34-16-23(37)25(17-34)40-9-2/h11-13,23,25,33,37H,8-10,14-17H2,1-7H3/t23-,25-/m0/s1. The lowest BCUT2D eigenvalue weighted by atomic mass is 9.84. The number of nitrogens with one attached hydrogen (secondary N) is 1. The van der Waals surface area contributed by atoms with E-state index in [4.69, 9.17) is 24.4 Å². The molecule has 2 heterocycles. The van der Waals surface area contributed by atoms with E-state index >= 15 is 4.39 Å². The first-order valence-corrected chi connectivity index (χ1v) is 14.2. The van der Waals surface area contributed by atoms with Crippen LogP contribution in [0.4, 0.5) is 10.1 Å². The molecular weight excluding hydrogens is 529 g/mol. The molecule has 2 atom stereocenters. The Balaban J connectivity index is 1.67. The summed E-state index contributed by atoms with van der Waals surface area (Å²) in [7, 11) is 1.60. The minimum atomic E-state index is -0.668. The second-order valence-corrected chi connectivity index (χ2v) is 11.3. The van der Waals surface area contributed by atoms with E-state index in [-0.39, 0.29) is 54.1 Å². The van der Waals surface area contributed by atoms with Crippen LogP contribution in [0.1, 0.15) is 68.6 Å². The Morgan fingerprint density at radius 1 is 1.07 bits per heavy atom. The highest BCUT2D eigenvalue weighted by molar-refractivity contribution is 6.06. The maximum atomic E-state index is 15.5. The summed E-state index contributed by atoms with van der Waals surface area (Å²) in [5, 5.41) is 19.3. The SMILES string of the molecule is CCOc1cc2c(c(F)c1OCC)C(=N)N(CC(=O)c1cc(N3C[C@H](OCC)[C@@H](O)C3)c(OC)c(C(C)(C)C)c1)C2. The maximum Gasteiger partial charge on any atom is 0.197 e. The zero-order chi connectivity index (χ0) is 30.1. The van der Waals surface area contributed by atoms with Gasteiger partial charge in [-0.25, -0.2) is 4.39 Å². The highest BCUT2D eigenvalue weighted by Gasteiger charge is 2.37. The quantitative estimate of drug-likeness (QED) is 0.379. The Hall–Kier alpha value is -3.37. The van der Waals surface area contributed by atoms with Crippen molar-refractivity contribution in [2.24, 2.45) is 0 Å². The van der Waals surface area contributed by atoms with E-state index in [1.165, 1.54) is 0 Å². The van der Waals surface area contributed by atoms with Crippen LogP contribution < -0.4 is 19.1 Å². The molecule has 2 aliphatic heterocycles. The molecule has 2 aromatic carbocycles. The third-order valence-electron chi connectivity index (χ3n) is 7.47. The molecule has 2 N–H and O–H groups in total. The largest absolute Gasteiger partial charge is 0.494 e. The maximum absolute atomic E-state index is 15.5. The first-order valence-electron chi connectivity index (χ1n) is 14.2. The third kappa shape index (κ3) is 5.99. The van der Waals surface area contributed by atoms with Crippen LogP contribution in [0, 0.1) is 11.2 Å². The van der Waals surface area contributed by atoms with Crippen LogP contribution in [0.25, 0.3) is 0 Å². The van der Waals surface area contributed by atoms with E-state index in [2.05, 4.69) is 0 Å². The number of hydrogen-bond donors (Lipinski definition) is 2. The average molecular weight is 572 g/mol. The van der Waals surface area contributed by atoms with Gasteiger partial charge in [-0.05, 0) is 49.9 Å². The van der Waals surface area contributed by atoms with Gasteiger partial charge in [0.2, 0.25) is 0 Å². The summed E-state index contributed by atoms with van der Waals surface area (Å²) < 4.78 is 38.2. The smallest absolute Gasteiger partial charge is 0.197 e. The molecule has 0 unspecified atom stereocenters. The summed E-state index contributed by atoms with van der Waals surface area (Å²) in [5.74, 6) is -0.00632. The lowest BCUT2D eigenvalue weighted by Gasteiger charge is -2.29. The number of aliphatic hydroxyl groups excluding tert-OH is 1. The number of aliphatic hydroxyl groups is 1. The third-order valence-corrected chi connectivity index (χ3v) is 7.47. The van der Waals surface area contributed by atoms with Gasteiger partial charge in [0.15, 0.2) is 23.1 Å². The van der Waals surface area contributed by atoms with E-state index in [9.17, 15) is 9.90 Å². The van der Waals surface area contributed by atoms with Crippen molar-refractivity contribution in [2.45, 2.75) is 65.7 Å². The molecule has 0 spiro atoms. The van der Waals surface area contributed by atoms with E-state index in [0.29, 0.717) is 54.6 Å². The number of carbonyl (C=O) groups excluding carboxylic acids is 1. The summed E-state index contributed by atoms with van der Waals surface area (Å²) >= 11 is 0. The normalized spacial score (nSPS) is 18.6. The molecule has 0 aliphatic carbocycles. The van der Waals surface area contributed by atoms with Crippen LogP contribution in [0.5, 0.6) is 17.2 Å². The zero-order valence-corrected chi connectivity index (χ0v) is 25.1. The molecule has 0 aromatic heterocycles. The highest BCUT2D eigenvalue weighted by atomic mass is 19.1. The number of nitrogens with zero attached hydrogens (tertiary/aromatic N) is 2. The Morgan fingerprint density at radius 2 is 1.78 bits per heavy atom. The number of ether oxygens (including phenoxy) is 4. The Labute approximate surface area is 241 Å². The first kappa shape index (κ1) is 30.6. The number of ketones is 1.